The molecule has 1 atom stereocenters. The standard InChI is InChI=1S/C16H27NO2/c1-4-11-17-14(2)9-10-15-7-5-6-8-16(15)19-13-12-18-3/h5-8,14,17H,4,9-13H2,1-3H3. The molecule has 1 N–H and O–H groups in total. The van der Waals surface area contributed by atoms with Crippen LogP contribution in [0.4, 0.5) is 0 Å². The lowest BCUT2D eigenvalue weighted by molar-refractivity contribution is 0.145. The van der Waals surface area contributed by atoms with Gasteiger partial charge in [-0.25, -0.2) is 0 Å². The first-order valence-electron chi connectivity index (χ1n) is 7.21. The molecular formula is C16H27NO2. The topological polar surface area (TPSA) is 30.5 Å². The van der Waals surface area contributed by atoms with Crippen molar-refractivity contribution in [3.63, 3.8) is 0 Å². The van der Waals surface area contributed by atoms with Gasteiger partial charge in [-0.05, 0) is 44.4 Å². The Morgan fingerprint density at radius 2 is 2.00 bits per heavy atom. The summed E-state index contributed by atoms with van der Waals surface area (Å²) >= 11 is 0. The van der Waals surface area contributed by atoms with Crippen LogP contribution in [0, 0.1) is 0 Å². The third-order valence-electron chi connectivity index (χ3n) is 3.11. The van der Waals surface area contributed by atoms with E-state index in [0.29, 0.717) is 19.3 Å². The molecule has 0 aromatic heterocycles. The molecule has 0 aliphatic rings. The van der Waals surface area contributed by atoms with Crippen LogP contribution in [0.15, 0.2) is 24.3 Å². The lowest BCUT2D eigenvalue weighted by Crippen LogP contribution is -2.27. The van der Waals surface area contributed by atoms with Crippen molar-refractivity contribution in [1.82, 2.24) is 5.32 Å². The molecule has 0 saturated heterocycles. The number of hydrogen-bond donors (Lipinski definition) is 1. The zero-order chi connectivity index (χ0) is 13.9. The van der Waals surface area contributed by atoms with Gasteiger partial charge in [0.15, 0.2) is 0 Å². The quantitative estimate of drug-likeness (QED) is 0.660. The minimum absolute atomic E-state index is 0.548. The Kier molecular flexibility index (Phi) is 8.26. The van der Waals surface area contributed by atoms with E-state index >= 15 is 0 Å². The second kappa shape index (κ2) is 9.82. The summed E-state index contributed by atoms with van der Waals surface area (Å²) in [7, 11) is 1.69. The summed E-state index contributed by atoms with van der Waals surface area (Å²) in [5, 5.41) is 3.51. The van der Waals surface area contributed by atoms with Crippen LogP contribution < -0.4 is 10.1 Å². The van der Waals surface area contributed by atoms with Gasteiger partial charge in [-0.3, -0.25) is 0 Å². The van der Waals surface area contributed by atoms with Crippen molar-refractivity contribution in [1.29, 1.82) is 0 Å². The molecule has 0 heterocycles. The number of methoxy groups -OCH3 is 1. The van der Waals surface area contributed by atoms with Gasteiger partial charge in [0, 0.05) is 13.2 Å². The van der Waals surface area contributed by atoms with E-state index in [0.717, 1.165) is 25.1 Å². The molecule has 3 heteroatoms. The van der Waals surface area contributed by atoms with Crippen LogP contribution in [0.5, 0.6) is 5.75 Å². The highest BCUT2D eigenvalue weighted by atomic mass is 16.5. The fourth-order valence-corrected chi connectivity index (χ4v) is 1.95. The van der Waals surface area contributed by atoms with Gasteiger partial charge in [-0.1, -0.05) is 25.1 Å². The van der Waals surface area contributed by atoms with Gasteiger partial charge < -0.3 is 14.8 Å². The maximum Gasteiger partial charge on any atom is 0.122 e. The Hall–Kier alpha value is -1.06. The Morgan fingerprint density at radius 3 is 2.74 bits per heavy atom. The number of rotatable bonds is 10. The Labute approximate surface area is 117 Å². The molecule has 0 aliphatic heterocycles. The monoisotopic (exact) mass is 265 g/mol. The van der Waals surface area contributed by atoms with Crippen molar-refractivity contribution in [2.24, 2.45) is 0 Å². The smallest absolute Gasteiger partial charge is 0.122 e. The molecule has 0 saturated carbocycles. The van der Waals surface area contributed by atoms with E-state index in [-0.39, 0.29) is 0 Å². The highest BCUT2D eigenvalue weighted by Gasteiger charge is 2.06. The molecule has 108 valence electrons. The van der Waals surface area contributed by atoms with E-state index in [1.54, 1.807) is 7.11 Å². The third-order valence-corrected chi connectivity index (χ3v) is 3.11. The van der Waals surface area contributed by atoms with Crippen molar-refractivity contribution < 1.29 is 9.47 Å². The molecular weight excluding hydrogens is 238 g/mol. The second-order valence-electron chi connectivity index (χ2n) is 4.84. The molecule has 0 amide bonds. The van der Waals surface area contributed by atoms with Crippen LogP contribution in [0.25, 0.3) is 0 Å². The fraction of sp³-hybridized carbons (Fsp3) is 0.625. The molecule has 0 radical (unpaired) electrons. The SMILES string of the molecule is CCCNC(C)CCc1ccccc1OCCOC. The van der Waals surface area contributed by atoms with Crippen molar-refractivity contribution in [3.05, 3.63) is 29.8 Å². The second-order valence-corrected chi connectivity index (χ2v) is 4.84. The average molecular weight is 265 g/mol. The first-order chi connectivity index (χ1) is 9.27. The average Bonchev–Trinajstić information content (AvgIpc) is 2.44. The molecule has 0 fully saturated rings. The van der Waals surface area contributed by atoms with Gasteiger partial charge in [0.25, 0.3) is 0 Å². The summed E-state index contributed by atoms with van der Waals surface area (Å²) in [6.07, 6.45) is 3.35. The van der Waals surface area contributed by atoms with Crippen molar-refractivity contribution >= 4 is 0 Å². The van der Waals surface area contributed by atoms with E-state index in [9.17, 15) is 0 Å². The summed E-state index contributed by atoms with van der Waals surface area (Å²) in [5.74, 6) is 0.988. The molecule has 0 spiro atoms. The minimum atomic E-state index is 0.548. The van der Waals surface area contributed by atoms with Gasteiger partial charge >= 0.3 is 0 Å². The van der Waals surface area contributed by atoms with Crippen LogP contribution in [0.1, 0.15) is 32.3 Å². The maximum absolute atomic E-state index is 5.75. The largest absolute Gasteiger partial charge is 0.491 e. The zero-order valence-electron chi connectivity index (χ0n) is 12.4. The zero-order valence-corrected chi connectivity index (χ0v) is 12.4. The number of benzene rings is 1. The van der Waals surface area contributed by atoms with Crippen LogP contribution in [0.2, 0.25) is 0 Å². The number of hydrogen-bond acceptors (Lipinski definition) is 3. The molecule has 1 rings (SSSR count). The molecule has 1 aromatic carbocycles. The van der Waals surface area contributed by atoms with Gasteiger partial charge in [-0.15, -0.1) is 0 Å². The van der Waals surface area contributed by atoms with E-state index in [4.69, 9.17) is 9.47 Å². The highest BCUT2D eigenvalue weighted by Crippen LogP contribution is 2.20. The lowest BCUT2D eigenvalue weighted by Gasteiger charge is -2.15. The van der Waals surface area contributed by atoms with Gasteiger partial charge in [0.1, 0.15) is 12.4 Å². The van der Waals surface area contributed by atoms with Gasteiger partial charge in [0.05, 0.1) is 6.61 Å². The summed E-state index contributed by atoms with van der Waals surface area (Å²) in [6, 6.07) is 8.82. The van der Waals surface area contributed by atoms with Gasteiger partial charge in [0.2, 0.25) is 0 Å². The predicted molar refractivity (Wildman–Crippen MR) is 79.9 cm³/mol. The van der Waals surface area contributed by atoms with Crippen LogP contribution in [0.3, 0.4) is 0 Å². The Bertz CT molecular complexity index is 341. The number of aryl methyl sites for hydroxylation is 1. The van der Waals surface area contributed by atoms with Crippen molar-refractivity contribution in [2.75, 3.05) is 26.9 Å². The van der Waals surface area contributed by atoms with Crippen LogP contribution >= 0.6 is 0 Å². The fourth-order valence-electron chi connectivity index (χ4n) is 1.95. The lowest BCUT2D eigenvalue weighted by atomic mass is 10.1. The Morgan fingerprint density at radius 1 is 1.21 bits per heavy atom. The molecule has 0 aliphatic carbocycles. The van der Waals surface area contributed by atoms with E-state index < -0.39 is 0 Å². The van der Waals surface area contributed by atoms with Crippen LogP contribution in [-0.2, 0) is 11.2 Å². The third kappa shape index (κ3) is 6.60. The van der Waals surface area contributed by atoms with Crippen LogP contribution in [-0.4, -0.2) is 32.9 Å². The highest BCUT2D eigenvalue weighted by molar-refractivity contribution is 5.33. The minimum Gasteiger partial charge on any atom is -0.491 e. The maximum atomic E-state index is 5.75. The molecule has 1 aromatic rings. The van der Waals surface area contributed by atoms with E-state index in [1.165, 1.54) is 12.0 Å². The predicted octanol–water partition coefficient (Wildman–Crippen LogP) is 3.03. The van der Waals surface area contributed by atoms with Crippen molar-refractivity contribution in [2.45, 2.75) is 39.2 Å². The summed E-state index contributed by atoms with van der Waals surface area (Å²) in [4.78, 5) is 0. The van der Waals surface area contributed by atoms with Gasteiger partial charge in [-0.2, -0.15) is 0 Å². The molecule has 0 bridgehead atoms. The summed E-state index contributed by atoms with van der Waals surface area (Å²) in [6.45, 7) is 6.76. The number of nitrogens with one attached hydrogen (secondary N) is 1. The molecule has 19 heavy (non-hydrogen) atoms. The number of para-hydroxylation sites is 1. The summed E-state index contributed by atoms with van der Waals surface area (Å²) in [5.41, 5.74) is 1.28. The molecule has 1 unspecified atom stereocenters. The molecule has 3 nitrogen and oxygen atoms in total. The number of ether oxygens (including phenoxy) is 2. The van der Waals surface area contributed by atoms with Crippen molar-refractivity contribution in [3.8, 4) is 5.75 Å². The summed E-state index contributed by atoms with van der Waals surface area (Å²) < 4.78 is 10.8. The normalized spacial score (nSPS) is 12.4. The van der Waals surface area contributed by atoms with E-state index in [2.05, 4.69) is 31.3 Å². The first kappa shape index (κ1) is 16.0. The van der Waals surface area contributed by atoms with E-state index in [1.807, 2.05) is 12.1 Å². The first-order valence-corrected chi connectivity index (χ1v) is 7.21. The Balaban J connectivity index is 2.43.